The number of aliphatic hydroxyl groups is 1. The number of aliphatic hydroxyl groups excluding tert-OH is 1. The van der Waals surface area contributed by atoms with Gasteiger partial charge >= 0.3 is 0 Å². The largest absolute Gasteiger partial charge is 0.392 e. The van der Waals surface area contributed by atoms with E-state index in [1.165, 1.54) is 44.2 Å². The van der Waals surface area contributed by atoms with Crippen LogP contribution >= 0.6 is 0 Å². The summed E-state index contributed by atoms with van der Waals surface area (Å²) in [5.41, 5.74) is 9.09. The minimum atomic E-state index is 0.0580. The Hall–Kier alpha value is -2.90. The molecule has 1 aliphatic rings. The lowest BCUT2D eigenvalue weighted by Crippen LogP contribution is -2.07. The standard InChI is InChI=1S/C26H22O/c1-2-17-9-7-13-22-21-11-5-6-12-23(21)26(24(17)22)25-19(16-27)15-14-18-8-3-4-10-20(18)25/h3-15,26-27H,2,16H2,1H3/t26-/m1/s1. The van der Waals surface area contributed by atoms with Crippen molar-refractivity contribution >= 4 is 10.8 Å². The molecule has 132 valence electrons. The van der Waals surface area contributed by atoms with Crippen LogP contribution in [-0.2, 0) is 13.0 Å². The quantitative estimate of drug-likeness (QED) is 0.419. The van der Waals surface area contributed by atoms with Crippen LogP contribution in [0.5, 0.6) is 0 Å². The Morgan fingerprint density at radius 3 is 2.33 bits per heavy atom. The van der Waals surface area contributed by atoms with Crippen molar-refractivity contribution in [1.29, 1.82) is 0 Å². The molecule has 0 heterocycles. The van der Waals surface area contributed by atoms with Crippen LogP contribution in [0.2, 0.25) is 0 Å². The fraction of sp³-hybridized carbons (Fsp3) is 0.154. The van der Waals surface area contributed by atoms with Crippen molar-refractivity contribution < 1.29 is 5.11 Å². The van der Waals surface area contributed by atoms with Crippen molar-refractivity contribution in [2.75, 3.05) is 0 Å². The van der Waals surface area contributed by atoms with Gasteiger partial charge in [-0.25, -0.2) is 0 Å². The molecule has 27 heavy (non-hydrogen) atoms. The first-order chi connectivity index (χ1) is 13.3. The summed E-state index contributed by atoms with van der Waals surface area (Å²) in [6.07, 6.45) is 1.01. The lowest BCUT2D eigenvalue weighted by Gasteiger charge is -2.22. The summed E-state index contributed by atoms with van der Waals surface area (Å²) in [6.45, 7) is 2.29. The smallest absolute Gasteiger partial charge is 0.0685 e. The van der Waals surface area contributed by atoms with Crippen molar-refractivity contribution in [3.8, 4) is 11.1 Å². The van der Waals surface area contributed by atoms with Crippen LogP contribution in [0.25, 0.3) is 21.9 Å². The summed E-state index contributed by atoms with van der Waals surface area (Å²) in [5, 5.41) is 12.6. The average molecular weight is 350 g/mol. The van der Waals surface area contributed by atoms with Crippen molar-refractivity contribution in [3.05, 3.63) is 107 Å². The van der Waals surface area contributed by atoms with Gasteiger partial charge in [-0.1, -0.05) is 85.8 Å². The number of hydrogen-bond acceptors (Lipinski definition) is 1. The van der Waals surface area contributed by atoms with Gasteiger partial charge in [-0.15, -0.1) is 0 Å². The van der Waals surface area contributed by atoms with Crippen LogP contribution in [0.15, 0.2) is 78.9 Å². The van der Waals surface area contributed by atoms with E-state index in [2.05, 4.69) is 85.8 Å². The Balaban J connectivity index is 1.91. The molecule has 0 fully saturated rings. The molecular weight excluding hydrogens is 328 g/mol. The van der Waals surface area contributed by atoms with E-state index >= 15 is 0 Å². The summed E-state index contributed by atoms with van der Waals surface area (Å²) >= 11 is 0. The second-order valence-corrected chi connectivity index (χ2v) is 7.27. The van der Waals surface area contributed by atoms with E-state index in [0.717, 1.165) is 12.0 Å². The first-order valence-corrected chi connectivity index (χ1v) is 9.66. The lowest BCUT2D eigenvalue weighted by molar-refractivity contribution is 0.280. The number of hydrogen-bond donors (Lipinski definition) is 1. The molecule has 1 N–H and O–H groups in total. The molecule has 1 aliphatic carbocycles. The number of benzene rings is 4. The minimum absolute atomic E-state index is 0.0580. The first kappa shape index (κ1) is 16.3. The Morgan fingerprint density at radius 1 is 0.704 bits per heavy atom. The van der Waals surface area contributed by atoms with Gasteiger partial charge in [0, 0.05) is 5.92 Å². The molecule has 5 rings (SSSR count). The maximum Gasteiger partial charge on any atom is 0.0685 e. The van der Waals surface area contributed by atoms with Crippen LogP contribution in [0.3, 0.4) is 0 Å². The zero-order valence-corrected chi connectivity index (χ0v) is 15.4. The first-order valence-electron chi connectivity index (χ1n) is 9.66. The van der Waals surface area contributed by atoms with Gasteiger partial charge in [-0.05, 0) is 56.1 Å². The van der Waals surface area contributed by atoms with Crippen LogP contribution in [-0.4, -0.2) is 5.11 Å². The van der Waals surface area contributed by atoms with Crippen LogP contribution in [0.1, 0.15) is 40.7 Å². The van der Waals surface area contributed by atoms with Gasteiger partial charge in [-0.3, -0.25) is 0 Å². The summed E-state index contributed by atoms with van der Waals surface area (Å²) < 4.78 is 0. The monoisotopic (exact) mass is 350 g/mol. The third-order valence-electron chi connectivity index (χ3n) is 5.95. The van der Waals surface area contributed by atoms with E-state index < -0.39 is 0 Å². The second kappa shape index (κ2) is 6.37. The summed E-state index contributed by atoms with van der Waals surface area (Å²) in [4.78, 5) is 0. The zero-order valence-electron chi connectivity index (χ0n) is 15.4. The Kier molecular flexibility index (Phi) is 3.84. The van der Waals surface area contributed by atoms with Crippen LogP contribution < -0.4 is 0 Å². The molecular formula is C26H22O. The number of fused-ring (bicyclic) bond motifs is 4. The molecule has 4 aromatic rings. The fourth-order valence-corrected chi connectivity index (χ4v) is 4.77. The average Bonchev–Trinajstić information content (AvgIpc) is 3.07. The molecule has 0 bridgehead atoms. The molecule has 0 saturated carbocycles. The summed E-state index contributed by atoms with van der Waals surface area (Å²) in [5.74, 6) is 0.167. The maximum absolute atomic E-state index is 10.2. The van der Waals surface area contributed by atoms with E-state index in [-0.39, 0.29) is 12.5 Å². The highest BCUT2D eigenvalue weighted by molar-refractivity contribution is 5.91. The van der Waals surface area contributed by atoms with E-state index in [1.54, 1.807) is 0 Å². The number of rotatable bonds is 3. The molecule has 0 saturated heterocycles. The highest BCUT2D eigenvalue weighted by Gasteiger charge is 2.33. The Morgan fingerprint density at radius 2 is 1.48 bits per heavy atom. The molecule has 0 amide bonds. The van der Waals surface area contributed by atoms with Gasteiger partial charge in [0.25, 0.3) is 0 Å². The molecule has 1 atom stereocenters. The molecule has 0 aliphatic heterocycles. The van der Waals surface area contributed by atoms with Crippen molar-refractivity contribution in [1.82, 2.24) is 0 Å². The summed E-state index contributed by atoms with van der Waals surface area (Å²) in [6, 6.07) is 28.2. The van der Waals surface area contributed by atoms with Gasteiger partial charge < -0.3 is 5.11 Å². The molecule has 4 aromatic carbocycles. The van der Waals surface area contributed by atoms with E-state index in [9.17, 15) is 5.11 Å². The molecule has 0 aromatic heterocycles. The molecule has 1 nitrogen and oxygen atoms in total. The zero-order chi connectivity index (χ0) is 18.4. The number of aryl methyl sites for hydroxylation is 1. The highest BCUT2D eigenvalue weighted by Crippen LogP contribution is 2.51. The Labute approximate surface area is 159 Å². The molecule has 1 heteroatoms. The van der Waals surface area contributed by atoms with Crippen LogP contribution in [0.4, 0.5) is 0 Å². The fourth-order valence-electron chi connectivity index (χ4n) is 4.77. The predicted molar refractivity (Wildman–Crippen MR) is 112 cm³/mol. The lowest BCUT2D eigenvalue weighted by atomic mass is 9.81. The molecule has 0 spiro atoms. The SMILES string of the molecule is CCc1cccc2c1[C@H](c1c(CO)ccc3ccccc13)c1ccccc1-2. The topological polar surface area (TPSA) is 20.2 Å². The third-order valence-corrected chi connectivity index (χ3v) is 5.95. The van der Waals surface area contributed by atoms with Gasteiger partial charge in [0.2, 0.25) is 0 Å². The van der Waals surface area contributed by atoms with Crippen LogP contribution in [0, 0.1) is 0 Å². The minimum Gasteiger partial charge on any atom is -0.392 e. The summed E-state index contributed by atoms with van der Waals surface area (Å²) in [7, 11) is 0. The molecule has 0 unspecified atom stereocenters. The van der Waals surface area contributed by atoms with E-state index in [0.29, 0.717) is 0 Å². The van der Waals surface area contributed by atoms with Gasteiger partial charge in [0.05, 0.1) is 6.61 Å². The highest BCUT2D eigenvalue weighted by atomic mass is 16.3. The molecule has 0 radical (unpaired) electrons. The van der Waals surface area contributed by atoms with Gasteiger partial charge in [0.15, 0.2) is 0 Å². The third kappa shape index (κ3) is 2.35. The predicted octanol–water partition coefficient (Wildman–Crippen LogP) is 6.06. The van der Waals surface area contributed by atoms with E-state index in [1.807, 2.05) is 0 Å². The van der Waals surface area contributed by atoms with E-state index in [4.69, 9.17) is 0 Å². The maximum atomic E-state index is 10.2. The van der Waals surface area contributed by atoms with Gasteiger partial charge in [-0.2, -0.15) is 0 Å². The van der Waals surface area contributed by atoms with Crippen molar-refractivity contribution in [2.24, 2.45) is 0 Å². The second-order valence-electron chi connectivity index (χ2n) is 7.27. The normalized spacial score (nSPS) is 15.0. The van der Waals surface area contributed by atoms with Crippen molar-refractivity contribution in [3.63, 3.8) is 0 Å². The Bertz CT molecular complexity index is 1160. The van der Waals surface area contributed by atoms with Crippen molar-refractivity contribution in [2.45, 2.75) is 25.9 Å². The van der Waals surface area contributed by atoms with Gasteiger partial charge in [0.1, 0.15) is 0 Å².